The number of rotatable bonds is 4. The molecule has 0 aliphatic heterocycles. The zero-order valence-electron chi connectivity index (χ0n) is 12.4. The molecule has 0 saturated heterocycles. The fraction of sp³-hybridized carbons (Fsp3) is 0.176. The van der Waals surface area contributed by atoms with Crippen LogP contribution in [-0.2, 0) is 4.79 Å². The Morgan fingerprint density at radius 1 is 1.18 bits per heavy atom. The molecule has 1 N–H and O–H groups in total. The van der Waals surface area contributed by atoms with E-state index in [9.17, 15) is 9.59 Å². The number of esters is 1. The van der Waals surface area contributed by atoms with Crippen LogP contribution < -0.4 is 10.1 Å². The van der Waals surface area contributed by atoms with E-state index in [0.717, 1.165) is 10.0 Å². The highest BCUT2D eigenvalue weighted by atomic mass is 79.9. The molecular formula is C17H16BrNO3. The Kier molecular flexibility index (Phi) is 5.33. The van der Waals surface area contributed by atoms with Crippen molar-refractivity contribution in [1.82, 2.24) is 0 Å². The Balaban J connectivity index is 2.12. The minimum absolute atomic E-state index is 0.0917. The van der Waals surface area contributed by atoms with Crippen LogP contribution in [0.1, 0.15) is 29.3 Å². The summed E-state index contributed by atoms with van der Waals surface area (Å²) in [5.74, 6) is -0.152. The second-order valence-corrected chi connectivity index (χ2v) is 5.64. The third kappa shape index (κ3) is 4.18. The van der Waals surface area contributed by atoms with E-state index in [1.807, 2.05) is 13.0 Å². The number of halogens is 1. The minimum atomic E-state index is -0.445. The second-order valence-electron chi connectivity index (χ2n) is 4.78. The summed E-state index contributed by atoms with van der Waals surface area (Å²) in [4.78, 5) is 23.5. The van der Waals surface area contributed by atoms with Gasteiger partial charge in [0, 0.05) is 22.6 Å². The van der Waals surface area contributed by atoms with Crippen LogP contribution in [0.25, 0.3) is 0 Å². The van der Waals surface area contributed by atoms with Crippen molar-refractivity contribution in [3.63, 3.8) is 0 Å². The Bertz CT molecular complexity index is 713. The van der Waals surface area contributed by atoms with Gasteiger partial charge in [-0.3, -0.25) is 4.79 Å². The molecule has 0 spiro atoms. The Hall–Kier alpha value is -2.14. The molecule has 1 amide bonds. The molecule has 0 aliphatic carbocycles. The van der Waals surface area contributed by atoms with Crippen molar-refractivity contribution in [2.75, 3.05) is 5.32 Å². The second kappa shape index (κ2) is 7.22. The monoisotopic (exact) mass is 361 g/mol. The first kappa shape index (κ1) is 16.2. The summed E-state index contributed by atoms with van der Waals surface area (Å²) in [6, 6.07) is 12.0. The maximum atomic E-state index is 12.1. The fourth-order valence-electron chi connectivity index (χ4n) is 1.77. The number of hydrogen-bond donors (Lipinski definition) is 1. The van der Waals surface area contributed by atoms with Crippen molar-refractivity contribution in [2.45, 2.75) is 20.3 Å². The van der Waals surface area contributed by atoms with Gasteiger partial charge in [0.15, 0.2) is 0 Å². The lowest BCUT2D eigenvalue weighted by atomic mass is 10.1. The number of hydrogen-bond acceptors (Lipinski definition) is 3. The summed E-state index contributed by atoms with van der Waals surface area (Å²) in [5, 5.41) is 2.72. The molecule has 114 valence electrons. The summed E-state index contributed by atoms with van der Waals surface area (Å²) >= 11 is 3.39. The van der Waals surface area contributed by atoms with Gasteiger partial charge >= 0.3 is 5.97 Å². The third-order valence-corrected chi connectivity index (χ3v) is 3.91. The standard InChI is InChI=1S/C17H16BrNO3/c1-3-16(20)19-13-5-4-6-14(10-13)22-17(21)12-8-7-11(2)15(18)9-12/h4-10H,3H2,1-2H3,(H,19,20). The van der Waals surface area contributed by atoms with Gasteiger partial charge in [0.05, 0.1) is 5.56 Å². The summed E-state index contributed by atoms with van der Waals surface area (Å²) < 4.78 is 6.19. The van der Waals surface area contributed by atoms with Crippen molar-refractivity contribution in [2.24, 2.45) is 0 Å². The smallest absolute Gasteiger partial charge is 0.343 e. The maximum Gasteiger partial charge on any atom is 0.343 e. The molecule has 2 aromatic rings. The van der Waals surface area contributed by atoms with Crippen LogP contribution >= 0.6 is 15.9 Å². The Morgan fingerprint density at radius 3 is 2.64 bits per heavy atom. The lowest BCUT2D eigenvalue weighted by molar-refractivity contribution is -0.115. The van der Waals surface area contributed by atoms with Gasteiger partial charge in [-0.15, -0.1) is 0 Å². The van der Waals surface area contributed by atoms with Crippen molar-refractivity contribution >= 4 is 33.5 Å². The van der Waals surface area contributed by atoms with Crippen LogP contribution in [-0.4, -0.2) is 11.9 Å². The summed E-state index contributed by atoms with van der Waals surface area (Å²) in [5.41, 5.74) is 2.10. The van der Waals surface area contributed by atoms with Crippen LogP contribution in [0.3, 0.4) is 0 Å². The molecule has 0 unspecified atom stereocenters. The number of carbonyl (C=O) groups is 2. The average molecular weight is 362 g/mol. The van der Waals surface area contributed by atoms with Crippen LogP contribution in [0.15, 0.2) is 46.9 Å². The molecule has 0 fully saturated rings. The minimum Gasteiger partial charge on any atom is -0.423 e. The highest BCUT2D eigenvalue weighted by Crippen LogP contribution is 2.21. The molecule has 0 radical (unpaired) electrons. The Morgan fingerprint density at radius 2 is 1.95 bits per heavy atom. The number of carbonyl (C=O) groups excluding carboxylic acids is 2. The number of ether oxygens (including phenoxy) is 1. The van der Waals surface area contributed by atoms with E-state index in [-0.39, 0.29) is 5.91 Å². The highest BCUT2D eigenvalue weighted by Gasteiger charge is 2.10. The van der Waals surface area contributed by atoms with Crippen LogP contribution in [0.4, 0.5) is 5.69 Å². The maximum absolute atomic E-state index is 12.1. The quantitative estimate of drug-likeness (QED) is 0.651. The van der Waals surface area contributed by atoms with E-state index in [1.54, 1.807) is 43.3 Å². The van der Waals surface area contributed by atoms with Gasteiger partial charge in [-0.05, 0) is 36.8 Å². The molecule has 0 bridgehead atoms. The Labute approximate surface area is 137 Å². The molecule has 0 aliphatic rings. The number of nitrogens with one attached hydrogen (secondary N) is 1. The van der Waals surface area contributed by atoms with Gasteiger partial charge in [0.25, 0.3) is 0 Å². The molecule has 5 heteroatoms. The van der Waals surface area contributed by atoms with Crippen LogP contribution in [0, 0.1) is 6.92 Å². The largest absolute Gasteiger partial charge is 0.423 e. The number of benzene rings is 2. The predicted molar refractivity (Wildman–Crippen MR) is 89.2 cm³/mol. The van der Waals surface area contributed by atoms with Gasteiger partial charge in [0.1, 0.15) is 5.75 Å². The van der Waals surface area contributed by atoms with E-state index >= 15 is 0 Å². The molecule has 0 saturated carbocycles. The number of amides is 1. The topological polar surface area (TPSA) is 55.4 Å². The summed E-state index contributed by atoms with van der Waals surface area (Å²) in [6.07, 6.45) is 0.390. The summed E-state index contributed by atoms with van der Waals surface area (Å²) in [7, 11) is 0. The molecule has 4 nitrogen and oxygen atoms in total. The molecule has 2 rings (SSSR count). The van der Waals surface area contributed by atoms with Crippen LogP contribution in [0.2, 0.25) is 0 Å². The molecular weight excluding hydrogens is 346 g/mol. The van der Waals surface area contributed by atoms with E-state index in [1.165, 1.54) is 0 Å². The first-order valence-corrected chi connectivity index (χ1v) is 7.67. The van der Waals surface area contributed by atoms with Gasteiger partial charge in [-0.2, -0.15) is 0 Å². The van der Waals surface area contributed by atoms with E-state index in [2.05, 4.69) is 21.2 Å². The van der Waals surface area contributed by atoms with Crippen molar-refractivity contribution in [3.05, 3.63) is 58.1 Å². The predicted octanol–water partition coefficient (Wildman–Crippen LogP) is 4.33. The van der Waals surface area contributed by atoms with E-state index in [0.29, 0.717) is 23.4 Å². The van der Waals surface area contributed by atoms with E-state index in [4.69, 9.17) is 4.74 Å². The van der Waals surface area contributed by atoms with Gasteiger partial charge in [0.2, 0.25) is 5.91 Å². The average Bonchev–Trinajstić information content (AvgIpc) is 2.50. The highest BCUT2D eigenvalue weighted by molar-refractivity contribution is 9.10. The summed E-state index contributed by atoms with van der Waals surface area (Å²) in [6.45, 7) is 3.72. The first-order chi connectivity index (χ1) is 10.5. The third-order valence-electron chi connectivity index (χ3n) is 3.06. The van der Waals surface area contributed by atoms with Crippen molar-refractivity contribution in [3.8, 4) is 5.75 Å². The zero-order chi connectivity index (χ0) is 16.1. The molecule has 22 heavy (non-hydrogen) atoms. The number of aryl methyl sites for hydroxylation is 1. The normalized spacial score (nSPS) is 10.1. The fourth-order valence-corrected chi connectivity index (χ4v) is 2.15. The first-order valence-electron chi connectivity index (χ1n) is 6.88. The number of anilines is 1. The lowest BCUT2D eigenvalue weighted by Crippen LogP contribution is -2.11. The molecule has 0 heterocycles. The van der Waals surface area contributed by atoms with Crippen LogP contribution in [0.5, 0.6) is 5.75 Å². The SMILES string of the molecule is CCC(=O)Nc1cccc(OC(=O)c2ccc(C)c(Br)c2)c1. The van der Waals surface area contributed by atoms with E-state index < -0.39 is 5.97 Å². The zero-order valence-corrected chi connectivity index (χ0v) is 13.9. The van der Waals surface area contributed by atoms with Crippen molar-refractivity contribution in [1.29, 1.82) is 0 Å². The lowest BCUT2D eigenvalue weighted by Gasteiger charge is -2.08. The van der Waals surface area contributed by atoms with Gasteiger partial charge in [-0.25, -0.2) is 4.79 Å². The molecule has 0 atom stereocenters. The molecule has 0 aromatic heterocycles. The van der Waals surface area contributed by atoms with Gasteiger partial charge in [-0.1, -0.05) is 35.0 Å². The molecule has 2 aromatic carbocycles. The van der Waals surface area contributed by atoms with Crippen molar-refractivity contribution < 1.29 is 14.3 Å². The van der Waals surface area contributed by atoms with Gasteiger partial charge < -0.3 is 10.1 Å².